The predicted molar refractivity (Wildman–Crippen MR) is 115 cm³/mol. The number of carbonyl (C=O) groups is 2. The molecule has 0 unspecified atom stereocenters. The SMILES string of the molecule is Cc1cc(Br)ccc1N1C(=O)/C(=C\c2cc(C)n(C(C)C)c2)C(=O)NC1=S. The summed E-state index contributed by atoms with van der Waals surface area (Å²) in [5.74, 6) is -0.907. The average Bonchev–Trinajstić information content (AvgIpc) is 2.94. The molecule has 1 aromatic heterocycles. The lowest BCUT2D eigenvalue weighted by Gasteiger charge is -2.30. The number of nitrogens with one attached hydrogen (secondary N) is 1. The second kappa shape index (κ2) is 7.40. The van der Waals surface area contributed by atoms with Crippen LogP contribution in [-0.4, -0.2) is 21.5 Å². The Morgan fingerprint density at radius 2 is 1.89 bits per heavy atom. The highest BCUT2D eigenvalue weighted by Crippen LogP contribution is 2.28. The first-order valence-corrected chi connectivity index (χ1v) is 9.75. The summed E-state index contributed by atoms with van der Waals surface area (Å²) in [7, 11) is 0. The smallest absolute Gasteiger partial charge is 0.270 e. The minimum absolute atomic E-state index is 0.0619. The molecule has 140 valence electrons. The molecule has 0 atom stereocenters. The number of aromatic nitrogens is 1. The Morgan fingerprint density at radius 3 is 2.48 bits per heavy atom. The van der Waals surface area contributed by atoms with Gasteiger partial charge in [0.15, 0.2) is 5.11 Å². The van der Waals surface area contributed by atoms with E-state index in [1.807, 2.05) is 38.2 Å². The molecule has 1 aromatic carbocycles. The Labute approximate surface area is 172 Å². The zero-order chi connectivity index (χ0) is 19.9. The summed E-state index contributed by atoms with van der Waals surface area (Å²) in [4.78, 5) is 26.9. The van der Waals surface area contributed by atoms with Crippen LogP contribution in [0, 0.1) is 13.8 Å². The molecule has 0 saturated carbocycles. The van der Waals surface area contributed by atoms with E-state index in [4.69, 9.17) is 12.2 Å². The van der Waals surface area contributed by atoms with E-state index < -0.39 is 11.8 Å². The Hall–Kier alpha value is -2.25. The molecule has 5 nitrogen and oxygen atoms in total. The molecule has 2 amide bonds. The molecule has 0 bridgehead atoms. The second-order valence-corrected chi connectivity index (χ2v) is 8.11. The molecule has 2 heterocycles. The lowest BCUT2D eigenvalue weighted by molar-refractivity contribution is -0.122. The van der Waals surface area contributed by atoms with Gasteiger partial charge in [-0.25, -0.2) is 0 Å². The van der Waals surface area contributed by atoms with Gasteiger partial charge in [-0.3, -0.25) is 19.8 Å². The van der Waals surface area contributed by atoms with Crippen LogP contribution in [0.5, 0.6) is 0 Å². The van der Waals surface area contributed by atoms with Gasteiger partial charge in [-0.15, -0.1) is 0 Å². The van der Waals surface area contributed by atoms with Crippen LogP contribution in [0.3, 0.4) is 0 Å². The van der Waals surface area contributed by atoms with Crippen LogP contribution in [0.2, 0.25) is 0 Å². The standard InChI is InChI=1S/C20H20BrN3O2S/c1-11(2)23-10-14(8-13(23)4)9-16-18(25)22-20(27)24(19(16)26)17-6-5-15(21)7-12(17)3/h5-11H,1-4H3,(H,22,25,27)/b16-9-. The maximum Gasteiger partial charge on any atom is 0.270 e. The van der Waals surface area contributed by atoms with Crippen LogP contribution in [0.15, 0.2) is 40.5 Å². The van der Waals surface area contributed by atoms with Gasteiger partial charge in [-0.05, 0) is 81.4 Å². The Kier molecular flexibility index (Phi) is 5.35. The highest BCUT2D eigenvalue weighted by molar-refractivity contribution is 9.10. The van der Waals surface area contributed by atoms with Gasteiger partial charge in [0.2, 0.25) is 0 Å². The highest BCUT2D eigenvalue weighted by atomic mass is 79.9. The molecule has 27 heavy (non-hydrogen) atoms. The van der Waals surface area contributed by atoms with Crippen molar-refractivity contribution in [3.05, 3.63) is 57.3 Å². The van der Waals surface area contributed by atoms with Gasteiger partial charge in [0.1, 0.15) is 5.57 Å². The second-order valence-electron chi connectivity index (χ2n) is 6.80. The topological polar surface area (TPSA) is 54.3 Å². The van der Waals surface area contributed by atoms with Gasteiger partial charge in [0.05, 0.1) is 5.69 Å². The largest absolute Gasteiger partial charge is 0.349 e. The third-order valence-corrected chi connectivity index (χ3v) is 5.22. The number of halogens is 1. The first-order valence-electron chi connectivity index (χ1n) is 8.55. The summed E-state index contributed by atoms with van der Waals surface area (Å²) in [6.45, 7) is 8.05. The third kappa shape index (κ3) is 3.75. The van der Waals surface area contributed by atoms with Crippen molar-refractivity contribution in [1.82, 2.24) is 9.88 Å². The number of anilines is 1. The van der Waals surface area contributed by atoms with E-state index >= 15 is 0 Å². The number of hydrogen-bond acceptors (Lipinski definition) is 3. The maximum atomic E-state index is 13.1. The van der Waals surface area contributed by atoms with Crippen molar-refractivity contribution in [1.29, 1.82) is 0 Å². The number of carbonyl (C=O) groups excluding carboxylic acids is 2. The molecule has 1 N–H and O–H groups in total. The Bertz CT molecular complexity index is 991. The maximum absolute atomic E-state index is 13.1. The number of rotatable bonds is 3. The lowest BCUT2D eigenvalue weighted by atomic mass is 10.1. The van der Waals surface area contributed by atoms with Gasteiger partial charge in [-0.2, -0.15) is 0 Å². The minimum Gasteiger partial charge on any atom is -0.349 e. The summed E-state index contributed by atoms with van der Waals surface area (Å²) in [6, 6.07) is 7.79. The van der Waals surface area contributed by atoms with Crippen LogP contribution >= 0.6 is 28.1 Å². The molecule has 1 aliphatic rings. The van der Waals surface area contributed by atoms with Gasteiger partial charge < -0.3 is 4.57 Å². The van der Waals surface area contributed by atoms with E-state index in [0.29, 0.717) is 11.7 Å². The van der Waals surface area contributed by atoms with Crippen molar-refractivity contribution in [3.8, 4) is 0 Å². The molecular formula is C20H20BrN3O2S. The fourth-order valence-electron chi connectivity index (χ4n) is 3.16. The van der Waals surface area contributed by atoms with Crippen LogP contribution in [0.1, 0.15) is 36.7 Å². The molecule has 1 saturated heterocycles. The first-order chi connectivity index (χ1) is 12.7. The summed E-state index contributed by atoms with van der Waals surface area (Å²) in [6.07, 6.45) is 3.56. The van der Waals surface area contributed by atoms with E-state index in [9.17, 15) is 9.59 Å². The fraction of sp³-hybridized carbons (Fsp3) is 0.250. The summed E-state index contributed by atoms with van der Waals surface area (Å²) in [5, 5.41) is 2.71. The normalized spacial score (nSPS) is 16.4. The molecule has 1 fully saturated rings. The molecule has 7 heteroatoms. The third-order valence-electron chi connectivity index (χ3n) is 4.44. The highest BCUT2D eigenvalue weighted by Gasteiger charge is 2.35. The van der Waals surface area contributed by atoms with Crippen molar-refractivity contribution in [2.24, 2.45) is 0 Å². The Morgan fingerprint density at radius 1 is 1.19 bits per heavy atom. The molecule has 0 radical (unpaired) electrons. The van der Waals surface area contributed by atoms with Crippen molar-refractivity contribution in [2.45, 2.75) is 33.7 Å². The molecule has 1 aliphatic heterocycles. The Balaban J connectivity index is 2.03. The van der Waals surface area contributed by atoms with E-state index in [1.54, 1.807) is 12.1 Å². The number of hydrogen-bond donors (Lipinski definition) is 1. The summed E-state index contributed by atoms with van der Waals surface area (Å²) < 4.78 is 3.00. The summed E-state index contributed by atoms with van der Waals surface area (Å²) in [5.41, 5.74) is 3.45. The zero-order valence-corrected chi connectivity index (χ0v) is 17.9. The minimum atomic E-state index is -0.481. The number of nitrogens with zero attached hydrogens (tertiary/aromatic N) is 2. The number of benzene rings is 1. The van der Waals surface area contributed by atoms with E-state index in [-0.39, 0.29) is 10.7 Å². The summed E-state index contributed by atoms with van der Waals surface area (Å²) >= 11 is 8.68. The molecule has 0 aliphatic carbocycles. The van der Waals surface area contributed by atoms with Gasteiger partial charge in [0.25, 0.3) is 11.8 Å². The van der Waals surface area contributed by atoms with E-state index in [1.165, 1.54) is 4.90 Å². The van der Waals surface area contributed by atoms with Crippen LogP contribution in [-0.2, 0) is 9.59 Å². The van der Waals surface area contributed by atoms with Crippen molar-refractivity contribution >= 4 is 56.8 Å². The zero-order valence-electron chi connectivity index (χ0n) is 15.5. The number of aryl methyl sites for hydroxylation is 2. The number of amides is 2. The van der Waals surface area contributed by atoms with Crippen molar-refractivity contribution < 1.29 is 9.59 Å². The monoisotopic (exact) mass is 445 g/mol. The molecule has 2 aromatic rings. The average molecular weight is 446 g/mol. The molecule has 3 rings (SSSR count). The van der Waals surface area contributed by atoms with E-state index in [0.717, 1.165) is 21.3 Å². The lowest BCUT2D eigenvalue weighted by Crippen LogP contribution is -2.54. The van der Waals surface area contributed by atoms with Crippen molar-refractivity contribution in [3.63, 3.8) is 0 Å². The van der Waals surface area contributed by atoms with E-state index in [2.05, 4.69) is 39.7 Å². The first kappa shape index (κ1) is 19.5. The van der Waals surface area contributed by atoms with Crippen LogP contribution < -0.4 is 10.2 Å². The molecule has 0 spiro atoms. The van der Waals surface area contributed by atoms with Crippen LogP contribution in [0.25, 0.3) is 6.08 Å². The fourth-order valence-corrected chi connectivity index (χ4v) is 3.91. The molecular weight excluding hydrogens is 426 g/mol. The quantitative estimate of drug-likeness (QED) is 0.435. The van der Waals surface area contributed by atoms with Crippen LogP contribution in [0.4, 0.5) is 5.69 Å². The van der Waals surface area contributed by atoms with Gasteiger partial charge in [-0.1, -0.05) is 15.9 Å². The van der Waals surface area contributed by atoms with Gasteiger partial charge >= 0.3 is 0 Å². The predicted octanol–water partition coefficient (Wildman–Crippen LogP) is 4.28. The van der Waals surface area contributed by atoms with Crippen molar-refractivity contribution in [2.75, 3.05) is 4.90 Å². The number of thiocarbonyl (C=S) groups is 1. The van der Waals surface area contributed by atoms with Gasteiger partial charge in [0, 0.05) is 22.4 Å².